The highest BCUT2D eigenvalue weighted by atomic mass is 32.2. The van der Waals surface area contributed by atoms with Crippen LogP contribution in [0.1, 0.15) is 11.1 Å². The fraction of sp³-hybridized carbons (Fsp3) is 0.200. The maximum absolute atomic E-state index is 10.7. The molecular weight excluding hydrogens is 349 g/mol. The molecule has 23 heavy (non-hydrogen) atoms. The SMILES string of the molecule is O=S(=O)(O)C(F)(F)F.Sc1ccccc1CCc1ccccc1. The summed E-state index contributed by atoms with van der Waals surface area (Å²) in [5.74, 6) is 0. The van der Waals surface area contributed by atoms with Crippen LogP contribution in [0.2, 0.25) is 0 Å². The third kappa shape index (κ3) is 7.06. The Morgan fingerprint density at radius 3 is 1.87 bits per heavy atom. The summed E-state index contributed by atoms with van der Waals surface area (Å²) >= 11 is 4.44. The van der Waals surface area contributed by atoms with Gasteiger partial charge in [0, 0.05) is 4.90 Å². The summed E-state index contributed by atoms with van der Waals surface area (Å²) < 4.78 is 57.5. The molecule has 1 N–H and O–H groups in total. The third-order valence-electron chi connectivity index (χ3n) is 2.81. The van der Waals surface area contributed by atoms with Crippen molar-refractivity contribution in [2.75, 3.05) is 0 Å². The molecule has 3 nitrogen and oxygen atoms in total. The fourth-order valence-electron chi connectivity index (χ4n) is 1.65. The maximum Gasteiger partial charge on any atom is 0.522 e. The van der Waals surface area contributed by atoms with E-state index in [0.717, 1.165) is 17.7 Å². The Hall–Kier alpha value is -1.51. The van der Waals surface area contributed by atoms with Gasteiger partial charge in [-0.25, -0.2) is 0 Å². The zero-order valence-electron chi connectivity index (χ0n) is 11.9. The molecule has 2 rings (SSSR count). The van der Waals surface area contributed by atoms with Gasteiger partial charge in [0.05, 0.1) is 0 Å². The summed E-state index contributed by atoms with van der Waals surface area (Å²) in [6.45, 7) is 0. The molecule has 0 aromatic heterocycles. The van der Waals surface area contributed by atoms with Gasteiger partial charge < -0.3 is 0 Å². The molecule has 126 valence electrons. The van der Waals surface area contributed by atoms with Crippen LogP contribution >= 0.6 is 12.6 Å². The van der Waals surface area contributed by atoms with Gasteiger partial charge in [-0.1, -0.05) is 48.5 Å². The largest absolute Gasteiger partial charge is 0.522 e. The van der Waals surface area contributed by atoms with Gasteiger partial charge in [-0.2, -0.15) is 21.6 Å². The fourth-order valence-corrected chi connectivity index (χ4v) is 1.92. The van der Waals surface area contributed by atoms with E-state index in [1.807, 2.05) is 12.1 Å². The zero-order chi connectivity index (χ0) is 17.5. The summed E-state index contributed by atoms with van der Waals surface area (Å²) in [6, 6.07) is 18.8. The average Bonchev–Trinajstić information content (AvgIpc) is 2.46. The highest BCUT2D eigenvalue weighted by Crippen LogP contribution is 2.20. The minimum Gasteiger partial charge on any atom is -0.279 e. The average molecular weight is 364 g/mol. The summed E-state index contributed by atoms with van der Waals surface area (Å²) in [4.78, 5) is 1.09. The van der Waals surface area contributed by atoms with Crippen molar-refractivity contribution >= 4 is 22.7 Å². The van der Waals surface area contributed by atoms with Crippen LogP contribution in [0.25, 0.3) is 0 Å². The van der Waals surface area contributed by atoms with E-state index in [-0.39, 0.29) is 0 Å². The van der Waals surface area contributed by atoms with Crippen molar-refractivity contribution in [3.63, 3.8) is 0 Å². The number of hydrogen-bond donors (Lipinski definition) is 2. The van der Waals surface area contributed by atoms with Gasteiger partial charge >= 0.3 is 15.6 Å². The predicted octanol–water partition coefficient (Wildman–Crippen LogP) is 4.15. The van der Waals surface area contributed by atoms with Crippen LogP contribution < -0.4 is 0 Å². The van der Waals surface area contributed by atoms with Crippen LogP contribution in [-0.4, -0.2) is 18.5 Å². The Morgan fingerprint density at radius 1 is 0.913 bits per heavy atom. The highest BCUT2D eigenvalue weighted by molar-refractivity contribution is 7.86. The number of alkyl halides is 3. The second-order valence-corrected chi connectivity index (χ2v) is 6.43. The molecule has 0 unspecified atom stereocenters. The molecular formula is C15H15F3O3S2. The van der Waals surface area contributed by atoms with Crippen molar-refractivity contribution in [2.24, 2.45) is 0 Å². The minimum atomic E-state index is -5.84. The number of rotatable bonds is 3. The first-order chi connectivity index (χ1) is 10.6. The standard InChI is InChI=1S/C14H14S.CHF3O3S/c15-14-9-5-4-8-13(14)11-10-12-6-2-1-3-7-12;2-1(3,4)8(5,6)7/h1-9,15H,10-11H2;(H,5,6,7). The Kier molecular flexibility index (Phi) is 7.11. The molecule has 0 saturated carbocycles. The highest BCUT2D eigenvalue weighted by Gasteiger charge is 2.44. The van der Waals surface area contributed by atoms with Gasteiger partial charge in [0.1, 0.15) is 0 Å². The molecule has 2 aromatic rings. The smallest absolute Gasteiger partial charge is 0.279 e. The van der Waals surface area contributed by atoms with Gasteiger partial charge in [-0.15, -0.1) is 12.6 Å². The lowest BCUT2D eigenvalue weighted by molar-refractivity contribution is -0.0510. The van der Waals surface area contributed by atoms with Gasteiger partial charge in [0.2, 0.25) is 0 Å². The van der Waals surface area contributed by atoms with Crippen LogP contribution in [0.15, 0.2) is 59.5 Å². The zero-order valence-corrected chi connectivity index (χ0v) is 13.6. The molecule has 0 atom stereocenters. The molecule has 0 aliphatic carbocycles. The molecule has 2 aromatic carbocycles. The van der Waals surface area contributed by atoms with Gasteiger partial charge in [0.15, 0.2) is 0 Å². The quantitative estimate of drug-likeness (QED) is 0.489. The summed E-state index contributed by atoms with van der Waals surface area (Å²) in [6.07, 6.45) is 2.14. The molecule has 0 spiro atoms. The predicted molar refractivity (Wildman–Crippen MR) is 85.1 cm³/mol. The third-order valence-corrected chi connectivity index (χ3v) is 3.83. The van der Waals surface area contributed by atoms with E-state index in [9.17, 15) is 13.2 Å². The molecule has 0 saturated heterocycles. The van der Waals surface area contributed by atoms with E-state index in [0.29, 0.717) is 0 Å². The van der Waals surface area contributed by atoms with Crippen molar-refractivity contribution in [1.29, 1.82) is 0 Å². The van der Waals surface area contributed by atoms with Crippen LogP contribution in [0.3, 0.4) is 0 Å². The molecule has 8 heteroatoms. The van der Waals surface area contributed by atoms with Gasteiger partial charge in [-0.05, 0) is 30.0 Å². The minimum absolute atomic E-state index is 1.06. The first kappa shape index (κ1) is 19.5. The molecule has 0 aliphatic heterocycles. The van der Waals surface area contributed by atoms with Crippen molar-refractivity contribution in [3.05, 3.63) is 65.7 Å². The van der Waals surface area contributed by atoms with Crippen LogP contribution in [0.4, 0.5) is 13.2 Å². The van der Waals surface area contributed by atoms with Crippen molar-refractivity contribution in [2.45, 2.75) is 23.2 Å². The second kappa shape index (κ2) is 8.37. The lowest BCUT2D eigenvalue weighted by Gasteiger charge is -2.04. The molecule has 0 aliphatic rings. The van der Waals surface area contributed by atoms with Crippen molar-refractivity contribution in [1.82, 2.24) is 0 Å². The first-order valence-electron chi connectivity index (χ1n) is 6.46. The van der Waals surface area contributed by atoms with E-state index in [1.165, 1.54) is 11.1 Å². The summed E-state index contributed by atoms with van der Waals surface area (Å²) in [7, 11) is -5.84. The number of benzene rings is 2. The Morgan fingerprint density at radius 2 is 1.39 bits per heavy atom. The van der Waals surface area contributed by atoms with E-state index >= 15 is 0 Å². The second-order valence-electron chi connectivity index (χ2n) is 4.54. The normalized spacial score (nSPS) is 11.5. The number of thiol groups is 1. The molecule has 0 bridgehead atoms. The number of halogens is 3. The van der Waals surface area contributed by atoms with Crippen LogP contribution in [0.5, 0.6) is 0 Å². The van der Waals surface area contributed by atoms with E-state index < -0.39 is 15.6 Å². The Labute approximate surface area is 138 Å². The Bertz CT molecular complexity index is 714. The van der Waals surface area contributed by atoms with Crippen molar-refractivity contribution in [3.8, 4) is 0 Å². The van der Waals surface area contributed by atoms with E-state index in [1.54, 1.807) is 0 Å². The number of hydrogen-bond acceptors (Lipinski definition) is 3. The summed E-state index contributed by atoms with van der Waals surface area (Å²) in [5.41, 5.74) is -2.83. The lowest BCUT2D eigenvalue weighted by atomic mass is 10.0. The van der Waals surface area contributed by atoms with E-state index in [4.69, 9.17) is 13.0 Å². The molecule has 0 amide bonds. The molecule has 0 fully saturated rings. The molecule has 0 heterocycles. The summed E-state index contributed by atoms with van der Waals surface area (Å²) in [5, 5.41) is 0. The number of aryl methyl sites for hydroxylation is 2. The van der Waals surface area contributed by atoms with Crippen molar-refractivity contribution < 1.29 is 26.1 Å². The molecule has 0 radical (unpaired) electrons. The monoisotopic (exact) mass is 364 g/mol. The maximum atomic E-state index is 10.7. The first-order valence-corrected chi connectivity index (χ1v) is 8.34. The lowest BCUT2D eigenvalue weighted by Crippen LogP contribution is -2.21. The van der Waals surface area contributed by atoms with E-state index in [2.05, 4.69) is 55.1 Å². The van der Waals surface area contributed by atoms with Crippen LogP contribution in [-0.2, 0) is 23.0 Å². The van der Waals surface area contributed by atoms with Gasteiger partial charge in [-0.3, -0.25) is 4.55 Å². The van der Waals surface area contributed by atoms with Crippen LogP contribution in [0, 0.1) is 0 Å². The van der Waals surface area contributed by atoms with Gasteiger partial charge in [0.25, 0.3) is 0 Å². The Balaban J connectivity index is 0.000000284. The topological polar surface area (TPSA) is 54.4 Å².